The van der Waals surface area contributed by atoms with E-state index in [9.17, 15) is 22.8 Å². The van der Waals surface area contributed by atoms with Gasteiger partial charge < -0.3 is 9.80 Å². The Labute approximate surface area is 248 Å². The van der Waals surface area contributed by atoms with Gasteiger partial charge in [0, 0.05) is 62.6 Å². The summed E-state index contributed by atoms with van der Waals surface area (Å²) in [5.74, 6) is 1.24. The maximum atomic E-state index is 13.5. The zero-order valence-corrected chi connectivity index (χ0v) is 24.4. The molecule has 4 heterocycles. The first-order valence-electron chi connectivity index (χ1n) is 14.9. The van der Waals surface area contributed by atoms with E-state index >= 15 is 0 Å². The molecule has 0 N–H and O–H groups in total. The zero-order valence-electron chi connectivity index (χ0n) is 24.4. The van der Waals surface area contributed by atoms with Gasteiger partial charge in [-0.15, -0.1) is 0 Å². The van der Waals surface area contributed by atoms with Crippen LogP contribution in [-0.2, 0) is 11.2 Å². The molecule has 1 aliphatic carbocycles. The summed E-state index contributed by atoms with van der Waals surface area (Å²) in [5, 5.41) is 0. The molecule has 43 heavy (non-hydrogen) atoms. The summed E-state index contributed by atoms with van der Waals surface area (Å²) in [6.45, 7) is 6.24. The number of carbonyl (C=O) groups is 2. The Morgan fingerprint density at radius 3 is 2.51 bits per heavy atom. The third-order valence-corrected chi connectivity index (χ3v) is 9.13. The molecule has 226 valence electrons. The van der Waals surface area contributed by atoms with E-state index in [1.54, 1.807) is 16.8 Å². The number of carbonyl (C=O) groups excluding carboxylic acids is 2. The predicted molar refractivity (Wildman–Crippen MR) is 157 cm³/mol. The van der Waals surface area contributed by atoms with Gasteiger partial charge in [-0.05, 0) is 42.4 Å². The molecule has 2 fully saturated rings. The molecule has 2 aromatic heterocycles. The fourth-order valence-corrected chi connectivity index (χ4v) is 6.65. The van der Waals surface area contributed by atoms with Crippen molar-refractivity contribution in [1.29, 1.82) is 0 Å². The van der Waals surface area contributed by atoms with E-state index in [0.717, 1.165) is 17.5 Å². The molecule has 11 heteroatoms. The van der Waals surface area contributed by atoms with Gasteiger partial charge in [-0.1, -0.05) is 38.0 Å². The molecule has 0 unspecified atom stereocenters. The summed E-state index contributed by atoms with van der Waals surface area (Å²) in [6, 6.07) is 5.64. The number of piperazine rings is 1. The molecule has 2 aliphatic heterocycles. The number of fused-ring (bicyclic) bond motifs is 1. The lowest BCUT2D eigenvalue weighted by atomic mass is 9.94. The summed E-state index contributed by atoms with van der Waals surface area (Å²) in [5.41, 5.74) is 2.88. The first-order valence-corrected chi connectivity index (χ1v) is 14.9. The summed E-state index contributed by atoms with van der Waals surface area (Å²) < 4.78 is 42.1. The van der Waals surface area contributed by atoms with Crippen molar-refractivity contribution in [2.45, 2.75) is 52.1 Å². The highest BCUT2D eigenvalue weighted by molar-refractivity contribution is 6.27. The smallest absolute Gasteiger partial charge is 0.339 e. The van der Waals surface area contributed by atoms with E-state index < -0.39 is 11.9 Å². The predicted octanol–water partition coefficient (Wildman–Crippen LogP) is 5.14. The average Bonchev–Trinajstić information content (AvgIpc) is 3.73. The molecular weight excluding hydrogens is 557 g/mol. The van der Waals surface area contributed by atoms with Crippen molar-refractivity contribution in [3.63, 3.8) is 0 Å². The lowest BCUT2D eigenvalue weighted by Gasteiger charge is -2.35. The number of allylic oxidation sites excluding steroid dienone is 1. The molecule has 2 atom stereocenters. The van der Waals surface area contributed by atoms with Crippen LogP contribution in [0.1, 0.15) is 65.5 Å². The molecule has 0 bridgehead atoms. The summed E-state index contributed by atoms with van der Waals surface area (Å²) in [7, 11) is 0. The minimum Gasteiger partial charge on any atom is -0.339 e. The van der Waals surface area contributed by atoms with E-state index in [0.29, 0.717) is 73.5 Å². The van der Waals surface area contributed by atoms with Gasteiger partial charge in [0.15, 0.2) is 5.65 Å². The van der Waals surface area contributed by atoms with E-state index in [1.165, 1.54) is 25.1 Å². The van der Waals surface area contributed by atoms with Gasteiger partial charge in [0.1, 0.15) is 5.71 Å². The summed E-state index contributed by atoms with van der Waals surface area (Å²) in [6.07, 6.45) is 6.04. The molecule has 0 radical (unpaired) electrons. The second kappa shape index (κ2) is 11.6. The van der Waals surface area contributed by atoms with Crippen LogP contribution in [0.4, 0.5) is 13.2 Å². The first-order chi connectivity index (χ1) is 20.6. The van der Waals surface area contributed by atoms with Gasteiger partial charge in [0.05, 0.1) is 24.1 Å². The molecule has 1 saturated carbocycles. The van der Waals surface area contributed by atoms with Crippen molar-refractivity contribution in [1.82, 2.24) is 24.2 Å². The van der Waals surface area contributed by atoms with Crippen molar-refractivity contribution in [3.05, 3.63) is 70.9 Å². The molecule has 1 aromatic carbocycles. The quantitative estimate of drug-likeness (QED) is 0.397. The lowest BCUT2D eigenvalue weighted by molar-refractivity contribution is -0.133. The van der Waals surface area contributed by atoms with Crippen LogP contribution in [0.15, 0.2) is 47.9 Å². The molecule has 3 aromatic rings. The van der Waals surface area contributed by atoms with Crippen molar-refractivity contribution >= 4 is 28.7 Å². The van der Waals surface area contributed by atoms with E-state index in [-0.39, 0.29) is 23.9 Å². The molecule has 8 nitrogen and oxygen atoms in total. The number of hydrogen-bond acceptors (Lipinski definition) is 5. The van der Waals surface area contributed by atoms with Gasteiger partial charge in [-0.3, -0.25) is 24.0 Å². The van der Waals surface area contributed by atoms with Crippen molar-refractivity contribution in [3.8, 4) is 0 Å². The maximum Gasteiger partial charge on any atom is 0.433 e. The number of alkyl halides is 3. The second-order valence-electron chi connectivity index (χ2n) is 11.9. The molecule has 6 rings (SSSR count). The van der Waals surface area contributed by atoms with Crippen LogP contribution in [-0.4, -0.2) is 80.6 Å². The number of aromatic nitrogens is 3. The molecule has 2 amide bonds. The van der Waals surface area contributed by atoms with Crippen LogP contribution in [0.2, 0.25) is 0 Å². The Bertz CT molecular complexity index is 1620. The van der Waals surface area contributed by atoms with Crippen LogP contribution in [0.5, 0.6) is 0 Å². The zero-order chi connectivity index (χ0) is 30.3. The molecular formula is C32H35F3N6O2. The van der Waals surface area contributed by atoms with Crippen LogP contribution >= 0.6 is 0 Å². The second-order valence-corrected chi connectivity index (χ2v) is 11.9. The first kappa shape index (κ1) is 29.1. The van der Waals surface area contributed by atoms with Gasteiger partial charge in [0.25, 0.3) is 5.91 Å². The Morgan fingerprint density at radius 1 is 1.05 bits per heavy atom. The van der Waals surface area contributed by atoms with Crippen LogP contribution in [0.3, 0.4) is 0 Å². The Balaban J connectivity index is 1.11. The topological polar surface area (TPSA) is 83.2 Å². The molecule has 0 spiro atoms. The Kier molecular flexibility index (Phi) is 7.83. The number of benzene rings is 1. The molecule has 3 aliphatic rings. The minimum atomic E-state index is -4.54. The largest absolute Gasteiger partial charge is 0.433 e. The van der Waals surface area contributed by atoms with Crippen molar-refractivity contribution in [2.75, 3.05) is 32.7 Å². The summed E-state index contributed by atoms with van der Waals surface area (Å²) in [4.78, 5) is 42.5. The van der Waals surface area contributed by atoms with E-state index in [2.05, 4.69) is 21.9 Å². The van der Waals surface area contributed by atoms with Gasteiger partial charge in [-0.2, -0.15) is 13.2 Å². The fourth-order valence-electron chi connectivity index (χ4n) is 6.65. The van der Waals surface area contributed by atoms with Gasteiger partial charge in [0.2, 0.25) is 5.91 Å². The SMILES string of the molecule is Cc1cc(Cc2nccn3c(C4=CCN=C4C(F)(F)F)cnc23)ccc1C(=O)N1CCN(C(=O)C[C@H]2CCC[C@@H]2C)CC1. The van der Waals surface area contributed by atoms with E-state index in [4.69, 9.17) is 0 Å². The van der Waals surface area contributed by atoms with Gasteiger partial charge in [-0.25, -0.2) is 4.98 Å². The number of imidazole rings is 1. The third-order valence-electron chi connectivity index (χ3n) is 9.13. The van der Waals surface area contributed by atoms with Crippen LogP contribution in [0, 0.1) is 18.8 Å². The third kappa shape index (κ3) is 5.81. The monoisotopic (exact) mass is 592 g/mol. The number of nitrogens with zero attached hydrogens (tertiary/aromatic N) is 6. The Hall–Kier alpha value is -4.02. The molecule has 1 saturated heterocycles. The van der Waals surface area contributed by atoms with Gasteiger partial charge >= 0.3 is 6.18 Å². The van der Waals surface area contributed by atoms with E-state index in [1.807, 2.05) is 34.9 Å². The summed E-state index contributed by atoms with van der Waals surface area (Å²) >= 11 is 0. The fraction of sp³-hybridized carbons (Fsp3) is 0.469. The number of halogens is 3. The minimum absolute atomic E-state index is 0.0180. The highest BCUT2D eigenvalue weighted by Crippen LogP contribution is 2.34. The average molecular weight is 593 g/mol. The lowest BCUT2D eigenvalue weighted by Crippen LogP contribution is -2.51. The number of aliphatic imine (C=N–C) groups is 1. The number of hydrogen-bond donors (Lipinski definition) is 0. The van der Waals surface area contributed by atoms with Crippen LogP contribution in [0.25, 0.3) is 11.2 Å². The highest BCUT2D eigenvalue weighted by Gasteiger charge is 2.40. The standard InChI is InChI=1S/C32H35F3N6O2/c1-20-4-3-5-23(20)18-28(42)39-12-14-40(15-13-39)31(43)24-7-6-22(16-21(24)2)17-26-30-38-19-27(41(30)11-10-36-26)25-8-9-37-29(25)32(33,34)35/h6-8,10-11,16,19-20,23H,3-5,9,12-15,17-18H2,1-2H3/t20-,23+/m0/s1. The number of aryl methyl sites for hydroxylation is 1. The van der Waals surface area contributed by atoms with Crippen LogP contribution < -0.4 is 0 Å². The maximum absolute atomic E-state index is 13.5. The van der Waals surface area contributed by atoms with Crippen molar-refractivity contribution in [2.24, 2.45) is 16.8 Å². The van der Waals surface area contributed by atoms with Crippen molar-refractivity contribution < 1.29 is 22.8 Å². The highest BCUT2D eigenvalue weighted by atomic mass is 19.4. The normalized spacial score (nSPS) is 21.0. The number of rotatable bonds is 6. The number of amides is 2. The Morgan fingerprint density at radius 2 is 1.81 bits per heavy atom.